The van der Waals surface area contributed by atoms with E-state index in [-0.39, 0.29) is 10.6 Å². The van der Waals surface area contributed by atoms with Crippen LogP contribution in [0.3, 0.4) is 0 Å². The molecule has 0 saturated heterocycles. The molecular weight excluding hydrogens is 464 g/mol. The summed E-state index contributed by atoms with van der Waals surface area (Å²) in [6.45, 7) is 0. The minimum absolute atomic E-state index is 0.0394. The number of nitrogens with zero attached hydrogens (tertiary/aromatic N) is 3. The van der Waals surface area contributed by atoms with E-state index < -0.39 is 33.4 Å². The first-order valence-electron chi connectivity index (χ1n) is 9.23. The van der Waals surface area contributed by atoms with Crippen LogP contribution in [0.1, 0.15) is 5.56 Å². The number of anilines is 1. The van der Waals surface area contributed by atoms with Crippen LogP contribution >= 0.6 is 0 Å². The Labute approximate surface area is 185 Å². The predicted octanol–water partition coefficient (Wildman–Crippen LogP) is 4.66. The molecular formula is C21H14F4N4O3S. The molecule has 0 aliphatic heterocycles. The Morgan fingerprint density at radius 3 is 2.52 bits per heavy atom. The average molecular weight is 478 g/mol. The van der Waals surface area contributed by atoms with Gasteiger partial charge in [-0.05, 0) is 41.8 Å². The van der Waals surface area contributed by atoms with Crippen molar-refractivity contribution in [3.8, 4) is 17.0 Å². The Balaban J connectivity index is 1.78. The first-order chi connectivity index (χ1) is 15.6. The Kier molecular flexibility index (Phi) is 5.62. The highest BCUT2D eigenvalue weighted by Crippen LogP contribution is 2.38. The van der Waals surface area contributed by atoms with Crippen LogP contribution in [-0.2, 0) is 16.2 Å². The minimum Gasteiger partial charge on any atom is -0.496 e. The van der Waals surface area contributed by atoms with Gasteiger partial charge in [0.05, 0.1) is 29.5 Å². The van der Waals surface area contributed by atoms with Gasteiger partial charge in [0, 0.05) is 17.1 Å². The highest BCUT2D eigenvalue weighted by molar-refractivity contribution is 7.92. The van der Waals surface area contributed by atoms with Crippen molar-refractivity contribution >= 4 is 26.6 Å². The molecule has 0 aliphatic rings. The largest absolute Gasteiger partial charge is 0.496 e. The van der Waals surface area contributed by atoms with Gasteiger partial charge >= 0.3 is 6.18 Å². The summed E-state index contributed by atoms with van der Waals surface area (Å²) in [5, 5.41) is 0.913. The van der Waals surface area contributed by atoms with E-state index in [1.54, 1.807) is 6.07 Å². The molecule has 0 atom stereocenters. The molecule has 0 bridgehead atoms. The zero-order valence-electron chi connectivity index (χ0n) is 16.8. The van der Waals surface area contributed by atoms with Crippen molar-refractivity contribution in [2.24, 2.45) is 0 Å². The molecule has 0 unspecified atom stereocenters. The fraction of sp³-hybridized carbons (Fsp3) is 0.0952. The second-order valence-corrected chi connectivity index (χ2v) is 8.46. The topological polar surface area (TPSA) is 94.1 Å². The summed E-state index contributed by atoms with van der Waals surface area (Å²) in [4.78, 5) is 11.1. The average Bonchev–Trinajstić information content (AvgIpc) is 2.78. The molecule has 0 spiro atoms. The van der Waals surface area contributed by atoms with Crippen molar-refractivity contribution in [2.75, 3.05) is 11.8 Å². The fourth-order valence-electron chi connectivity index (χ4n) is 3.17. The molecule has 170 valence electrons. The lowest BCUT2D eigenvalue weighted by Crippen LogP contribution is -2.15. The SMILES string of the molecule is COc1cc(C(F)(F)F)ccc1-c1nccc2cc(S(=O)(=O)Nc3ncncc3F)ccc12. The molecule has 0 amide bonds. The summed E-state index contributed by atoms with van der Waals surface area (Å²) >= 11 is 0. The molecule has 1 N–H and O–H groups in total. The van der Waals surface area contributed by atoms with Crippen LogP contribution < -0.4 is 9.46 Å². The second kappa shape index (κ2) is 8.28. The number of fused-ring (bicyclic) bond motifs is 1. The number of benzene rings is 2. The number of halogens is 4. The third-order valence-electron chi connectivity index (χ3n) is 4.73. The quantitative estimate of drug-likeness (QED) is 0.420. The number of hydrogen-bond donors (Lipinski definition) is 1. The second-order valence-electron chi connectivity index (χ2n) is 6.78. The Morgan fingerprint density at radius 2 is 1.82 bits per heavy atom. The molecule has 4 rings (SSSR count). The number of aromatic nitrogens is 3. The number of ether oxygens (including phenoxy) is 1. The normalized spacial score (nSPS) is 12.0. The van der Waals surface area contributed by atoms with Crippen molar-refractivity contribution in [3.05, 3.63) is 72.6 Å². The number of sulfonamides is 1. The van der Waals surface area contributed by atoms with Crippen LogP contribution in [0.4, 0.5) is 23.4 Å². The number of nitrogens with one attached hydrogen (secondary N) is 1. The summed E-state index contributed by atoms with van der Waals surface area (Å²) < 4.78 is 85.6. The van der Waals surface area contributed by atoms with Crippen LogP contribution in [0.15, 0.2) is 66.1 Å². The first-order valence-corrected chi connectivity index (χ1v) is 10.7. The Hall–Kier alpha value is -3.80. The fourth-order valence-corrected chi connectivity index (χ4v) is 4.23. The minimum atomic E-state index is -4.54. The maximum absolute atomic E-state index is 13.8. The molecule has 0 fully saturated rings. The van der Waals surface area contributed by atoms with Crippen LogP contribution in [-0.4, -0.2) is 30.5 Å². The number of pyridine rings is 1. The van der Waals surface area contributed by atoms with Gasteiger partial charge in [0.15, 0.2) is 11.6 Å². The van der Waals surface area contributed by atoms with Gasteiger partial charge in [-0.2, -0.15) is 13.2 Å². The summed E-state index contributed by atoms with van der Waals surface area (Å²) in [5.74, 6) is -1.49. The molecule has 2 aromatic heterocycles. The van der Waals surface area contributed by atoms with Crippen LogP contribution in [0.25, 0.3) is 22.0 Å². The van der Waals surface area contributed by atoms with Crippen molar-refractivity contribution in [1.29, 1.82) is 0 Å². The molecule has 0 saturated carbocycles. The van der Waals surface area contributed by atoms with Crippen molar-refractivity contribution in [2.45, 2.75) is 11.1 Å². The van der Waals surface area contributed by atoms with E-state index >= 15 is 0 Å². The number of rotatable bonds is 5. The summed E-state index contributed by atoms with van der Waals surface area (Å²) in [7, 11) is -2.95. The van der Waals surface area contributed by atoms with Crippen LogP contribution in [0.5, 0.6) is 5.75 Å². The highest BCUT2D eigenvalue weighted by Gasteiger charge is 2.31. The van der Waals surface area contributed by atoms with Crippen molar-refractivity contribution in [1.82, 2.24) is 15.0 Å². The van der Waals surface area contributed by atoms with Crippen molar-refractivity contribution < 1.29 is 30.7 Å². The molecule has 7 nitrogen and oxygen atoms in total. The number of alkyl halides is 3. The van der Waals surface area contributed by atoms with Gasteiger partial charge in [0.25, 0.3) is 10.0 Å². The highest BCUT2D eigenvalue weighted by atomic mass is 32.2. The molecule has 0 radical (unpaired) electrons. The predicted molar refractivity (Wildman–Crippen MR) is 112 cm³/mol. The van der Waals surface area contributed by atoms with Gasteiger partial charge in [-0.25, -0.2) is 22.8 Å². The summed E-state index contributed by atoms with van der Waals surface area (Å²) in [6.07, 6.45) is -1.34. The number of methoxy groups -OCH3 is 1. The summed E-state index contributed by atoms with van der Waals surface area (Å²) in [6, 6.07) is 8.63. The molecule has 2 heterocycles. The third kappa shape index (κ3) is 4.42. The molecule has 2 aromatic carbocycles. The molecule has 12 heteroatoms. The monoisotopic (exact) mass is 478 g/mol. The Bertz CT molecular complexity index is 1460. The van der Waals surface area contributed by atoms with Crippen LogP contribution in [0.2, 0.25) is 0 Å². The van der Waals surface area contributed by atoms with Gasteiger partial charge in [0.1, 0.15) is 12.1 Å². The zero-order chi connectivity index (χ0) is 23.8. The first kappa shape index (κ1) is 22.4. The van der Waals surface area contributed by atoms with Gasteiger partial charge in [-0.15, -0.1) is 0 Å². The lowest BCUT2D eigenvalue weighted by molar-refractivity contribution is -0.137. The lowest BCUT2D eigenvalue weighted by atomic mass is 10.0. The summed E-state index contributed by atoms with van der Waals surface area (Å²) in [5.41, 5.74) is -0.274. The van der Waals surface area contributed by atoms with E-state index in [0.29, 0.717) is 22.0 Å². The van der Waals surface area contributed by atoms with E-state index in [2.05, 4.69) is 19.7 Å². The van der Waals surface area contributed by atoms with E-state index in [0.717, 1.165) is 24.7 Å². The standard InChI is InChI=1S/C21H14F4N4O3S/c1-32-18-9-13(21(23,24)25)2-4-16(18)19-15-5-3-14(8-12(15)6-7-27-19)33(30,31)29-20-17(22)10-26-11-28-20/h2-11H,1H3,(H,26,28,29). The lowest BCUT2D eigenvalue weighted by Gasteiger charge is -2.14. The van der Waals surface area contributed by atoms with E-state index in [9.17, 15) is 26.0 Å². The smallest absolute Gasteiger partial charge is 0.416 e. The van der Waals surface area contributed by atoms with Gasteiger partial charge in [-0.1, -0.05) is 6.07 Å². The van der Waals surface area contributed by atoms with Gasteiger partial charge in [0.2, 0.25) is 0 Å². The maximum atomic E-state index is 13.8. The third-order valence-corrected chi connectivity index (χ3v) is 6.07. The molecule has 4 aromatic rings. The number of hydrogen-bond acceptors (Lipinski definition) is 6. The van der Waals surface area contributed by atoms with Gasteiger partial charge < -0.3 is 4.74 Å². The maximum Gasteiger partial charge on any atom is 0.416 e. The molecule has 0 aliphatic carbocycles. The van der Waals surface area contributed by atoms with Crippen LogP contribution in [0, 0.1) is 5.82 Å². The van der Waals surface area contributed by atoms with E-state index in [1.165, 1.54) is 37.6 Å². The Morgan fingerprint density at radius 1 is 1.03 bits per heavy atom. The van der Waals surface area contributed by atoms with Crippen molar-refractivity contribution in [3.63, 3.8) is 0 Å². The van der Waals surface area contributed by atoms with E-state index in [4.69, 9.17) is 4.74 Å². The molecule has 33 heavy (non-hydrogen) atoms. The van der Waals surface area contributed by atoms with Gasteiger partial charge in [-0.3, -0.25) is 9.71 Å². The van der Waals surface area contributed by atoms with E-state index in [1.807, 2.05) is 0 Å². The zero-order valence-corrected chi connectivity index (χ0v) is 17.6.